The van der Waals surface area contributed by atoms with Gasteiger partial charge in [0.2, 0.25) is 0 Å². The number of aryl methyl sites for hydroxylation is 1. The van der Waals surface area contributed by atoms with Crippen LogP contribution in [0, 0.1) is 17.5 Å². The highest BCUT2D eigenvalue weighted by molar-refractivity contribution is 9.10. The molecule has 3 aromatic rings. The van der Waals surface area contributed by atoms with E-state index in [2.05, 4.69) is 26.2 Å². The second-order valence-corrected chi connectivity index (χ2v) is 5.93. The van der Waals surface area contributed by atoms with Crippen LogP contribution in [-0.2, 0) is 6.42 Å². The van der Waals surface area contributed by atoms with Crippen molar-refractivity contribution >= 4 is 33.2 Å². The predicted molar refractivity (Wildman–Crippen MR) is 86.5 cm³/mol. The molecule has 8 heteroatoms. The molecular formula is C16H11BrF3N3O. The first-order chi connectivity index (χ1) is 11.4. The van der Waals surface area contributed by atoms with Crippen molar-refractivity contribution in [3.05, 3.63) is 63.8 Å². The molecule has 0 bridgehead atoms. The quantitative estimate of drug-likeness (QED) is 0.668. The van der Waals surface area contributed by atoms with E-state index in [-0.39, 0.29) is 5.69 Å². The fourth-order valence-corrected chi connectivity index (χ4v) is 2.70. The number of hydrogen-bond donors (Lipinski definition) is 1. The number of anilines is 1. The third-order valence-corrected chi connectivity index (χ3v) is 3.96. The molecule has 1 amide bonds. The monoisotopic (exact) mass is 397 g/mol. The average Bonchev–Trinajstić information content (AvgIpc) is 2.93. The Bertz CT molecular complexity index is 955. The van der Waals surface area contributed by atoms with Gasteiger partial charge in [0.25, 0.3) is 5.91 Å². The highest BCUT2D eigenvalue weighted by atomic mass is 79.9. The fraction of sp³-hybridized carbons (Fsp3) is 0.125. The fourth-order valence-electron chi connectivity index (χ4n) is 2.36. The highest BCUT2D eigenvalue weighted by Crippen LogP contribution is 2.22. The number of nitrogens with zero attached hydrogens (tertiary/aromatic N) is 2. The van der Waals surface area contributed by atoms with Crippen LogP contribution in [0.4, 0.5) is 18.9 Å². The van der Waals surface area contributed by atoms with Crippen LogP contribution in [0.3, 0.4) is 0 Å². The third-order valence-electron chi connectivity index (χ3n) is 3.49. The van der Waals surface area contributed by atoms with E-state index in [9.17, 15) is 18.0 Å². The molecule has 0 unspecified atom stereocenters. The first-order valence-electron chi connectivity index (χ1n) is 7.03. The molecular weight excluding hydrogens is 387 g/mol. The lowest BCUT2D eigenvalue weighted by Crippen LogP contribution is -2.17. The third kappa shape index (κ3) is 2.77. The van der Waals surface area contributed by atoms with Crippen LogP contribution < -0.4 is 5.32 Å². The van der Waals surface area contributed by atoms with Gasteiger partial charge < -0.3 is 5.32 Å². The summed E-state index contributed by atoms with van der Waals surface area (Å²) >= 11 is 3.31. The van der Waals surface area contributed by atoms with Crippen LogP contribution in [0.15, 0.2) is 34.9 Å². The number of hydrogen-bond acceptors (Lipinski definition) is 2. The van der Waals surface area contributed by atoms with Gasteiger partial charge in [0.15, 0.2) is 17.5 Å². The van der Waals surface area contributed by atoms with Gasteiger partial charge in [-0.15, -0.1) is 0 Å². The number of carbonyl (C=O) groups excluding carboxylic acids is 1. The summed E-state index contributed by atoms with van der Waals surface area (Å²) in [6, 6.07) is 5.22. The lowest BCUT2D eigenvalue weighted by Gasteiger charge is -2.08. The summed E-state index contributed by atoms with van der Waals surface area (Å²) in [6.45, 7) is 1.83. The average molecular weight is 398 g/mol. The van der Waals surface area contributed by atoms with Crippen LogP contribution in [0.2, 0.25) is 0 Å². The van der Waals surface area contributed by atoms with Crippen LogP contribution in [0.5, 0.6) is 0 Å². The van der Waals surface area contributed by atoms with E-state index in [1.165, 1.54) is 0 Å². The molecule has 0 fully saturated rings. The van der Waals surface area contributed by atoms with E-state index in [4.69, 9.17) is 0 Å². The minimum Gasteiger partial charge on any atom is -0.318 e. The van der Waals surface area contributed by atoms with Crippen molar-refractivity contribution in [3.8, 4) is 0 Å². The van der Waals surface area contributed by atoms with Crippen LogP contribution in [-0.4, -0.2) is 15.3 Å². The van der Waals surface area contributed by atoms with E-state index < -0.39 is 29.0 Å². The van der Waals surface area contributed by atoms with Gasteiger partial charge in [0.1, 0.15) is 11.3 Å². The second kappa shape index (κ2) is 6.27. The van der Waals surface area contributed by atoms with E-state index in [1.54, 1.807) is 22.7 Å². The Labute approximate surface area is 143 Å². The second-order valence-electron chi connectivity index (χ2n) is 5.01. The van der Waals surface area contributed by atoms with Crippen molar-refractivity contribution in [2.45, 2.75) is 13.3 Å². The summed E-state index contributed by atoms with van der Waals surface area (Å²) in [4.78, 5) is 16.9. The molecule has 124 valence electrons. The van der Waals surface area contributed by atoms with Gasteiger partial charge in [-0.05, 0) is 46.6 Å². The minimum atomic E-state index is -1.63. The summed E-state index contributed by atoms with van der Waals surface area (Å²) in [6.07, 6.45) is 2.13. The summed E-state index contributed by atoms with van der Waals surface area (Å²) in [7, 11) is 0. The van der Waals surface area contributed by atoms with Crippen LogP contribution >= 0.6 is 15.9 Å². The smallest absolute Gasteiger partial charge is 0.274 e. The van der Waals surface area contributed by atoms with Crippen molar-refractivity contribution in [2.24, 2.45) is 0 Å². The SMILES string of the molecule is CCc1nc2ccc(Br)cn2c1C(=O)Nc1ccc(F)c(F)c1F. The van der Waals surface area contributed by atoms with Gasteiger partial charge in [-0.3, -0.25) is 9.20 Å². The molecule has 0 saturated carbocycles. The number of imidazole rings is 1. The van der Waals surface area contributed by atoms with E-state index in [0.717, 1.165) is 16.6 Å². The number of benzene rings is 1. The molecule has 2 aromatic heterocycles. The number of amides is 1. The van der Waals surface area contributed by atoms with Gasteiger partial charge in [0, 0.05) is 10.7 Å². The number of rotatable bonds is 3. The lowest BCUT2D eigenvalue weighted by molar-refractivity contribution is 0.102. The zero-order valence-corrected chi connectivity index (χ0v) is 14.0. The summed E-state index contributed by atoms with van der Waals surface area (Å²) in [5.74, 6) is -5.07. The summed E-state index contributed by atoms with van der Waals surface area (Å²) < 4.78 is 42.3. The molecule has 1 aromatic carbocycles. The Kier molecular flexibility index (Phi) is 4.31. The molecule has 1 N–H and O–H groups in total. The Morgan fingerprint density at radius 1 is 1.21 bits per heavy atom. The first-order valence-corrected chi connectivity index (χ1v) is 7.83. The predicted octanol–water partition coefficient (Wildman–Crippen LogP) is 4.33. The zero-order chi connectivity index (χ0) is 17.4. The Morgan fingerprint density at radius 3 is 2.67 bits per heavy atom. The van der Waals surface area contributed by atoms with E-state index in [1.807, 2.05) is 6.92 Å². The summed E-state index contributed by atoms with van der Waals surface area (Å²) in [5.41, 5.74) is 0.823. The molecule has 0 atom stereocenters. The number of aromatic nitrogens is 2. The van der Waals surface area contributed by atoms with Gasteiger partial charge in [0.05, 0.1) is 11.4 Å². The number of carbonyl (C=O) groups is 1. The van der Waals surface area contributed by atoms with Crippen molar-refractivity contribution in [1.29, 1.82) is 0 Å². The minimum absolute atomic E-state index is 0.206. The molecule has 2 heterocycles. The Balaban J connectivity index is 2.06. The molecule has 3 rings (SSSR count). The van der Waals surface area contributed by atoms with Crippen molar-refractivity contribution in [3.63, 3.8) is 0 Å². The number of pyridine rings is 1. The van der Waals surface area contributed by atoms with E-state index >= 15 is 0 Å². The maximum Gasteiger partial charge on any atom is 0.274 e. The van der Waals surface area contributed by atoms with Crippen LogP contribution in [0.1, 0.15) is 23.1 Å². The van der Waals surface area contributed by atoms with Gasteiger partial charge in [-0.25, -0.2) is 18.2 Å². The molecule has 0 radical (unpaired) electrons. The van der Waals surface area contributed by atoms with Crippen LogP contribution in [0.25, 0.3) is 5.65 Å². The molecule has 0 spiro atoms. The molecule has 0 aliphatic carbocycles. The highest BCUT2D eigenvalue weighted by Gasteiger charge is 2.21. The normalized spacial score (nSPS) is 11.0. The maximum atomic E-state index is 13.8. The van der Waals surface area contributed by atoms with Gasteiger partial charge >= 0.3 is 0 Å². The first kappa shape index (κ1) is 16.5. The van der Waals surface area contributed by atoms with Gasteiger partial charge in [-0.2, -0.15) is 0 Å². The maximum absolute atomic E-state index is 13.8. The molecule has 4 nitrogen and oxygen atoms in total. The van der Waals surface area contributed by atoms with Crippen molar-refractivity contribution in [2.75, 3.05) is 5.32 Å². The molecule has 0 aliphatic rings. The van der Waals surface area contributed by atoms with Gasteiger partial charge in [-0.1, -0.05) is 6.92 Å². The number of fused-ring (bicyclic) bond motifs is 1. The largest absolute Gasteiger partial charge is 0.318 e. The zero-order valence-electron chi connectivity index (χ0n) is 12.4. The Morgan fingerprint density at radius 2 is 1.96 bits per heavy atom. The molecule has 24 heavy (non-hydrogen) atoms. The Hall–Kier alpha value is -2.35. The molecule has 0 aliphatic heterocycles. The standard InChI is InChI=1S/C16H11BrF3N3O/c1-2-10-15(23-7-8(17)3-6-12(23)21-10)16(24)22-11-5-4-9(18)13(19)14(11)20/h3-7H,2H2,1H3,(H,22,24). The molecule has 0 saturated heterocycles. The number of nitrogens with one attached hydrogen (secondary N) is 1. The topological polar surface area (TPSA) is 46.4 Å². The summed E-state index contributed by atoms with van der Waals surface area (Å²) in [5, 5.41) is 2.27. The number of halogens is 4. The van der Waals surface area contributed by atoms with E-state index in [0.29, 0.717) is 17.8 Å². The van der Waals surface area contributed by atoms with Crippen molar-refractivity contribution < 1.29 is 18.0 Å². The van der Waals surface area contributed by atoms with Crippen molar-refractivity contribution in [1.82, 2.24) is 9.38 Å². The lowest BCUT2D eigenvalue weighted by atomic mass is 10.2.